The van der Waals surface area contributed by atoms with Gasteiger partial charge in [0.2, 0.25) is 10.0 Å². The van der Waals surface area contributed by atoms with Gasteiger partial charge in [0.15, 0.2) is 0 Å². The molecular weight excluding hydrogens is 382 g/mol. The summed E-state index contributed by atoms with van der Waals surface area (Å²) < 4.78 is 53.4. The Labute approximate surface area is 151 Å². The Hall–Kier alpha value is -2.50. The van der Waals surface area contributed by atoms with Crippen molar-refractivity contribution in [1.29, 1.82) is 0 Å². The Morgan fingerprint density at radius 1 is 1.00 bits per heavy atom. The molecule has 0 aliphatic rings. The van der Waals surface area contributed by atoms with E-state index >= 15 is 0 Å². The number of sulfonamides is 2. The number of nitrogens with zero attached hydrogens (tertiary/aromatic N) is 1. The number of rotatable bonds is 7. The molecule has 0 saturated heterocycles. The molecule has 0 radical (unpaired) electrons. The van der Waals surface area contributed by atoms with Gasteiger partial charge in [0.25, 0.3) is 15.7 Å². The quantitative estimate of drug-likeness (QED) is 0.540. The van der Waals surface area contributed by atoms with Crippen LogP contribution in [0, 0.1) is 17.0 Å². The van der Waals surface area contributed by atoms with Crippen LogP contribution < -0.4 is 9.44 Å². The van der Waals surface area contributed by atoms with Gasteiger partial charge in [-0.2, -0.15) is 0 Å². The molecule has 0 heterocycles. The molecule has 0 atom stereocenters. The van der Waals surface area contributed by atoms with Crippen molar-refractivity contribution in [2.75, 3.05) is 11.3 Å². The SMILES string of the molecule is CCNS(=O)(=O)c1ccc(NS(=O)(=O)c2cc([N+](=O)[O-])ccc2C)cc1. The predicted molar refractivity (Wildman–Crippen MR) is 95.9 cm³/mol. The normalized spacial score (nSPS) is 11.9. The Morgan fingerprint density at radius 2 is 1.62 bits per heavy atom. The van der Waals surface area contributed by atoms with Gasteiger partial charge in [0.1, 0.15) is 0 Å². The highest BCUT2D eigenvalue weighted by Crippen LogP contribution is 2.24. The number of benzene rings is 2. The molecule has 0 bridgehead atoms. The van der Waals surface area contributed by atoms with E-state index in [4.69, 9.17) is 0 Å². The molecule has 0 aliphatic heterocycles. The van der Waals surface area contributed by atoms with Crippen molar-refractivity contribution in [1.82, 2.24) is 4.72 Å². The molecule has 0 saturated carbocycles. The fraction of sp³-hybridized carbons (Fsp3) is 0.200. The number of hydrogen-bond donors (Lipinski definition) is 2. The third-order valence-corrected chi connectivity index (χ3v) is 6.51. The van der Waals surface area contributed by atoms with Crippen LogP contribution >= 0.6 is 0 Å². The van der Waals surface area contributed by atoms with E-state index in [1.807, 2.05) is 0 Å². The highest BCUT2D eigenvalue weighted by atomic mass is 32.2. The lowest BCUT2D eigenvalue weighted by Gasteiger charge is -2.11. The maximum absolute atomic E-state index is 12.5. The maximum Gasteiger partial charge on any atom is 0.270 e. The number of anilines is 1. The van der Waals surface area contributed by atoms with Crippen molar-refractivity contribution in [3.63, 3.8) is 0 Å². The lowest BCUT2D eigenvalue weighted by atomic mass is 10.2. The third-order valence-electron chi connectivity index (χ3n) is 3.42. The molecule has 0 fully saturated rings. The highest BCUT2D eigenvalue weighted by Gasteiger charge is 2.21. The van der Waals surface area contributed by atoms with Crippen LogP contribution in [0.5, 0.6) is 0 Å². The first kappa shape index (κ1) is 19.8. The molecule has 0 amide bonds. The average molecular weight is 399 g/mol. The average Bonchev–Trinajstić information content (AvgIpc) is 2.55. The minimum absolute atomic E-state index is 0.00572. The fourth-order valence-electron chi connectivity index (χ4n) is 2.18. The number of nitrogens with one attached hydrogen (secondary N) is 2. The minimum atomic E-state index is -4.08. The van der Waals surface area contributed by atoms with Gasteiger partial charge in [0, 0.05) is 24.4 Å². The van der Waals surface area contributed by atoms with Gasteiger partial charge in [-0.1, -0.05) is 13.0 Å². The van der Waals surface area contributed by atoms with Gasteiger partial charge in [-0.3, -0.25) is 14.8 Å². The van der Waals surface area contributed by atoms with Crippen molar-refractivity contribution >= 4 is 31.4 Å². The van der Waals surface area contributed by atoms with Crippen LogP contribution in [-0.2, 0) is 20.0 Å². The van der Waals surface area contributed by atoms with Crippen LogP contribution in [0.3, 0.4) is 0 Å². The molecule has 2 aromatic rings. The monoisotopic (exact) mass is 399 g/mol. The van der Waals surface area contributed by atoms with Gasteiger partial charge < -0.3 is 0 Å². The number of nitro groups is 1. The largest absolute Gasteiger partial charge is 0.280 e. The summed E-state index contributed by atoms with van der Waals surface area (Å²) >= 11 is 0. The van der Waals surface area contributed by atoms with E-state index in [0.717, 1.165) is 6.07 Å². The van der Waals surface area contributed by atoms with Crippen molar-refractivity contribution in [3.8, 4) is 0 Å². The van der Waals surface area contributed by atoms with Crippen molar-refractivity contribution < 1.29 is 21.8 Å². The summed E-state index contributed by atoms with van der Waals surface area (Å²) in [6.45, 7) is 3.38. The zero-order chi connectivity index (χ0) is 19.5. The Balaban J connectivity index is 2.33. The van der Waals surface area contributed by atoms with Gasteiger partial charge in [-0.05, 0) is 36.8 Å². The predicted octanol–water partition coefficient (Wildman–Crippen LogP) is 2.00. The molecule has 11 heteroatoms. The smallest absolute Gasteiger partial charge is 0.270 e. The Kier molecular flexibility index (Phi) is 5.64. The van der Waals surface area contributed by atoms with E-state index in [1.165, 1.54) is 43.3 Å². The molecule has 140 valence electrons. The summed E-state index contributed by atoms with van der Waals surface area (Å²) in [5.74, 6) is 0. The van der Waals surface area contributed by atoms with Crippen LogP contribution in [0.2, 0.25) is 0 Å². The molecule has 0 aliphatic carbocycles. The lowest BCUT2D eigenvalue weighted by Crippen LogP contribution is -2.23. The van der Waals surface area contributed by atoms with Crippen molar-refractivity contribution in [2.24, 2.45) is 0 Å². The standard InChI is InChI=1S/C15H17N3O6S2/c1-3-16-25(21,22)14-8-5-12(6-9-14)17-26(23,24)15-10-13(18(19)20)7-4-11(15)2/h4-10,16-17H,3H2,1-2H3. The van der Waals surface area contributed by atoms with E-state index in [1.54, 1.807) is 6.92 Å². The van der Waals surface area contributed by atoms with Crippen molar-refractivity contribution in [2.45, 2.75) is 23.6 Å². The van der Waals surface area contributed by atoms with Gasteiger partial charge in [-0.25, -0.2) is 21.6 Å². The molecule has 2 N–H and O–H groups in total. The summed E-state index contributed by atoms with van der Waals surface area (Å²) in [5, 5.41) is 10.9. The van der Waals surface area contributed by atoms with E-state index in [0.29, 0.717) is 5.56 Å². The summed E-state index contributed by atoms with van der Waals surface area (Å²) in [6, 6.07) is 8.66. The zero-order valence-electron chi connectivity index (χ0n) is 14.0. The van der Waals surface area contributed by atoms with Gasteiger partial charge in [-0.15, -0.1) is 0 Å². The van der Waals surface area contributed by atoms with E-state index in [9.17, 15) is 26.9 Å². The molecule has 0 aromatic heterocycles. The molecule has 0 unspecified atom stereocenters. The van der Waals surface area contributed by atoms with Crippen molar-refractivity contribution in [3.05, 3.63) is 58.1 Å². The molecule has 26 heavy (non-hydrogen) atoms. The summed E-state index contributed by atoms with van der Waals surface area (Å²) in [6.07, 6.45) is 0. The summed E-state index contributed by atoms with van der Waals surface area (Å²) in [4.78, 5) is 9.95. The number of aryl methyl sites for hydroxylation is 1. The second-order valence-electron chi connectivity index (χ2n) is 5.34. The minimum Gasteiger partial charge on any atom is -0.280 e. The first-order valence-corrected chi connectivity index (χ1v) is 10.4. The lowest BCUT2D eigenvalue weighted by molar-refractivity contribution is -0.385. The van der Waals surface area contributed by atoms with Crippen LogP contribution in [0.15, 0.2) is 52.3 Å². The van der Waals surface area contributed by atoms with Crippen LogP contribution in [0.1, 0.15) is 12.5 Å². The van der Waals surface area contributed by atoms with Crippen LogP contribution in [0.25, 0.3) is 0 Å². The third kappa shape index (κ3) is 4.36. The zero-order valence-corrected chi connectivity index (χ0v) is 15.6. The molecule has 2 aromatic carbocycles. The summed E-state index contributed by atoms with van der Waals surface area (Å²) in [5.41, 5.74) is 0.129. The highest BCUT2D eigenvalue weighted by molar-refractivity contribution is 7.92. The van der Waals surface area contributed by atoms with E-state index < -0.39 is 25.0 Å². The van der Waals surface area contributed by atoms with Crippen LogP contribution in [0.4, 0.5) is 11.4 Å². The number of hydrogen-bond acceptors (Lipinski definition) is 6. The maximum atomic E-state index is 12.5. The molecule has 9 nitrogen and oxygen atoms in total. The Bertz CT molecular complexity index is 1030. The van der Waals surface area contributed by atoms with E-state index in [2.05, 4.69) is 9.44 Å². The van der Waals surface area contributed by atoms with Gasteiger partial charge in [0.05, 0.1) is 14.7 Å². The molecular formula is C15H17N3O6S2. The number of nitro benzene ring substituents is 1. The molecule has 2 rings (SSSR count). The first-order valence-electron chi connectivity index (χ1n) is 7.44. The van der Waals surface area contributed by atoms with E-state index in [-0.39, 0.29) is 27.7 Å². The second-order valence-corrected chi connectivity index (χ2v) is 8.76. The van der Waals surface area contributed by atoms with Gasteiger partial charge >= 0.3 is 0 Å². The first-order chi connectivity index (χ1) is 12.1. The number of non-ortho nitro benzene ring substituents is 1. The second kappa shape index (κ2) is 7.40. The fourth-order valence-corrected chi connectivity index (χ4v) is 4.54. The summed E-state index contributed by atoms with van der Waals surface area (Å²) in [7, 11) is -7.73. The Morgan fingerprint density at radius 3 is 2.15 bits per heavy atom. The van der Waals surface area contributed by atoms with Crippen LogP contribution in [-0.4, -0.2) is 28.3 Å². The topological polar surface area (TPSA) is 135 Å². The molecule has 0 spiro atoms.